The third-order valence-corrected chi connectivity index (χ3v) is 6.48. The molecule has 1 aliphatic heterocycles. The number of nitrogens with one attached hydrogen (secondary N) is 1. The summed E-state index contributed by atoms with van der Waals surface area (Å²) in [6.07, 6.45) is 0.798. The number of carbonyl (C=O) groups is 2. The largest absolute Gasteiger partial charge is 0.462 e. The standard InChI is InChI=1S/C19H21IN2O3S/c1-3-22-10-9-13-15(11-22)26-18(16(13)19(24)25-4-2)21-17(23)12-7-5-6-8-14(12)20/h5-8H,3-4,9-11H2,1-2H3,(H,21,23). The van der Waals surface area contributed by atoms with E-state index in [1.165, 1.54) is 11.3 Å². The van der Waals surface area contributed by atoms with Gasteiger partial charge in [0.2, 0.25) is 0 Å². The van der Waals surface area contributed by atoms with E-state index in [0.29, 0.717) is 22.7 Å². The smallest absolute Gasteiger partial charge is 0.341 e. The fourth-order valence-corrected chi connectivity index (χ4v) is 4.95. The zero-order valence-electron chi connectivity index (χ0n) is 14.8. The number of benzene rings is 1. The lowest BCUT2D eigenvalue weighted by Gasteiger charge is -2.25. The van der Waals surface area contributed by atoms with Crippen LogP contribution in [0.15, 0.2) is 24.3 Å². The number of amides is 1. The van der Waals surface area contributed by atoms with Crippen molar-refractivity contribution in [3.8, 4) is 0 Å². The first-order chi connectivity index (χ1) is 12.5. The Morgan fingerprint density at radius 2 is 2.08 bits per heavy atom. The zero-order valence-corrected chi connectivity index (χ0v) is 17.8. The highest BCUT2D eigenvalue weighted by Gasteiger charge is 2.29. The molecule has 1 aromatic carbocycles. The average Bonchev–Trinajstić information content (AvgIpc) is 2.98. The van der Waals surface area contributed by atoms with Gasteiger partial charge >= 0.3 is 5.97 Å². The van der Waals surface area contributed by atoms with Crippen molar-refractivity contribution in [2.24, 2.45) is 0 Å². The normalized spacial score (nSPS) is 14.0. The number of halogens is 1. The van der Waals surface area contributed by atoms with Crippen LogP contribution in [0.4, 0.5) is 5.00 Å². The SMILES string of the molecule is CCOC(=O)c1c(NC(=O)c2ccccc2I)sc2c1CCN(CC)C2. The van der Waals surface area contributed by atoms with Crippen LogP contribution in [0.3, 0.4) is 0 Å². The average molecular weight is 484 g/mol. The summed E-state index contributed by atoms with van der Waals surface area (Å²) < 4.78 is 6.13. The van der Waals surface area contributed by atoms with Crippen LogP contribution in [0.1, 0.15) is 45.0 Å². The number of nitrogens with zero attached hydrogens (tertiary/aromatic N) is 1. The van der Waals surface area contributed by atoms with E-state index in [4.69, 9.17) is 4.74 Å². The Labute approximate surface area is 170 Å². The van der Waals surface area contributed by atoms with Crippen LogP contribution >= 0.6 is 33.9 Å². The van der Waals surface area contributed by atoms with Gasteiger partial charge < -0.3 is 10.1 Å². The minimum atomic E-state index is -0.354. The van der Waals surface area contributed by atoms with Crippen molar-refractivity contribution >= 4 is 50.8 Å². The summed E-state index contributed by atoms with van der Waals surface area (Å²) in [5.41, 5.74) is 2.16. The minimum Gasteiger partial charge on any atom is -0.462 e. The van der Waals surface area contributed by atoms with Crippen molar-refractivity contribution in [1.82, 2.24) is 4.90 Å². The molecule has 0 unspecified atom stereocenters. The fourth-order valence-electron chi connectivity index (χ4n) is 3.05. The van der Waals surface area contributed by atoms with E-state index in [1.54, 1.807) is 13.0 Å². The van der Waals surface area contributed by atoms with Gasteiger partial charge in [0.1, 0.15) is 5.00 Å². The minimum absolute atomic E-state index is 0.202. The van der Waals surface area contributed by atoms with Crippen LogP contribution in [0.2, 0.25) is 0 Å². The summed E-state index contributed by atoms with van der Waals surface area (Å²) in [6, 6.07) is 7.40. The summed E-state index contributed by atoms with van der Waals surface area (Å²) in [6.45, 7) is 6.92. The Morgan fingerprint density at radius 1 is 1.31 bits per heavy atom. The molecule has 0 atom stereocenters. The number of anilines is 1. The van der Waals surface area contributed by atoms with E-state index in [-0.39, 0.29) is 11.9 Å². The lowest BCUT2D eigenvalue weighted by molar-refractivity contribution is 0.0526. The van der Waals surface area contributed by atoms with Gasteiger partial charge in [0, 0.05) is 21.5 Å². The third kappa shape index (κ3) is 3.94. The number of fused-ring (bicyclic) bond motifs is 1. The molecule has 3 rings (SSSR count). The second kappa shape index (κ2) is 8.49. The van der Waals surface area contributed by atoms with Gasteiger partial charge in [0.05, 0.1) is 17.7 Å². The molecule has 0 saturated heterocycles. The highest BCUT2D eigenvalue weighted by molar-refractivity contribution is 14.1. The number of esters is 1. The maximum atomic E-state index is 12.7. The van der Waals surface area contributed by atoms with Gasteiger partial charge in [0.15, 0.2) is 0 Å². The van der Waals surface area contributed by atoms with Crippen LogP contribution < -0.4 is 5.32 Å². The topological polar surface area (TPSA) is 58.6 Å². The van der Waals surface area contributed by atoms with Gasteiger partial charge in [0.25, 0.3) is 5.91 Å². The Bertz CT molecular complexity index is 834. The molecule has 1 amide bonds. The molecular weight excluding hydrogens is 463 g/mol. The highest BCUT2D eigenvalue weighted by atomic mass is 127. The predicted molar refractivity (Wildman–Crippen MR) is 112 cm³/mol. The van der Waals surface area contributed by atoms with Gasteiger partial charge in [-0.05, 0) is 60.2 Å². The first kappa shape index (κ1) is 19.3. The van der Waals surface area contributed by atoms with Gasteiger partial charge in [-0.3, -0.25) is 9.69 Å². The molecule has 5 nitrogen and oxygen atoms in total. The number of thiophene rings is 1. The summed E-state index contributed by atoms with van der Waals surface area (Å²) in [7, 11) is 0. The third-order valence-electron chi connectivity index (χ3n) is 4.41. The maximum absolute atomic E-state index is 12.7. The van der Waals surface area contributed by atoms with Crippen LogP contribution in [0.25, 0.3) is 0 Å². The van der Waals surface area contributed by atoms with E-state index >= 15 is 0 Å². The van der Waals surface area contributed by atoms with Crippen LogP contribution in [-0.4, -0.2) is 36.5 Å². The van der Waals surface area contributed by atoms with Crippen molar-refractivity contribution in [3.63, 3.8) is 0 Å². The highest BCUT2D eigenvalue weighted by Crippen LogP contribution is 2.38. The molecule has 1 aliphatic rings. The summed E-state index contributed by atoms with van der Waals surface area (Å²) in [4.78, 5) is 28.8. The van der Waals surface area contributed by atoms with E-state index in [0.717, 1.165) is 40.1 Å². The molecule has 1 N–H and O–H groups in total. The number of hydrogen-bond donors (Lipinski definition) is 1. The van der Waals surface area contributed by atoms with E-state index < -0.39 is 0 Å². The van der Waals surface area contributed by atoms with E-state index in [1.807, 2.05) is 18.2 Å². The molecule has 2 aromatic rings. The number of rotatable bonds is 5. The molecular formula is C19H21IN2O3S. The first-order valence-electron chi connectivity index (χ1n) is 8.65. The number of carbonyl (C=O) groups excluding carboxylic acids is 2. The zero-order chi connectivity index (χ0) is 18.7. The van der Waals surface area contributed by atoms with Gasteiger partial charge in [-0.2, -0.15) is 0 Å². The Balaban J connectivity index is 1.95. The lowest BCUT2D eigenvalue weighted by Crippen LogP contribution is -2.30. The van der Waals surface area contributed by atoms with Gasteiger partial charge in [-0.1, -0.05) is 19.1 Å². The number of hydrogen-bond acceptors (Lipinski definition) is 5. The summed E-state index contributed by atoms with van der Waals surface area (Å²) >= 11 is 3.63. The second-order valence-corrected chi connectivity index (χ2v) is 8.25. The number of ether oxygens (including phenoxy) is 1. The monoisotopic (exact) mass is 484 g/mol. The Morgan fingerprint density at radius 3 is 2.77 bits per heavy atom. The molecule has 0 aliphatic carbocycles. The molecule has 0 radical (unpaired) electrons. The van der Waals surface area contributed by atoms with Crippen molar-refractivity contribution < 1.29 is 14.3 Å². The van der Waals surface area contributed by atoms with Crippen molar-refractivity contribution in [2.45, 2.75) is 26.8 Å². The van der Waals surface area contributed by atoms with E-state index in [2.05, 4.69) is 39.7 Å². The lowest BCUT2D eigenvalue weighted by atomic mass is 10.0. The van der Waals surface area contributed by atoms with Crippen molar-refractivity contribution in [3.05, 3.63) is 49.4 Å². The molecule has 2 heterocycles. The molecule has 0 saturated carbocycles. The van der Waals surface area contributed by atoms with Crippen molar-refractivity contribution in [1.29, 1.82) is 0 Å². The molecule has 1 aromatic heterocycles. The quantitative estimate of drug-likeness (QED) is 0.512. The molecule has 138 valence electrons. The molecule has 7 heteroatoms. The predicted octanol–water partition coefficient (Wildman–Crippen LogP) is 4.16. The molecule has 0 fully saturated rings. The van der Waals surface area contributed by atoms with Crippen LogP contribution in [0, 0.1) is 3.57 Å². The maximum Gasteiger partial charge on any atom is 0.341 e. The first-order valence-corrected chi connectivity index (χ1v) is 10.5. The molecule has 0 bridgehead atoms. The van der Waals surface area contributed by atoms with E-state index in [9.17, 15) is 9.59 Å². The van der Waals surface area contributed by atoms with Crippen LogP contribution in [-0.2, 0) is 17.7 Å². The molecule has 26 heavy (non-hydrogen) atoms. The number of likely N-dealkylation sites (N-methyl/N-ethyl adjacent to an activating group) is 1. The summed E-state index contributed by atoms with van der Waals surface area (Å²) in [5.74, 6) is -0.556. The second-order valence-electron chi connectivity index (χ2n) is 5.98. The fraction of sp³-hybridized carbons (Fsp3) is 0.368. The van der Waals surface area contributed by atoms with Gasteiger partial charge in [-0.15, -0.1) is 11.3 Å². The molecule has 0 spiro atoms. The van der Waals surface area contributed by atoms with Crippen LogP contribution in [0.5, 0.6) is 0 Å². The summed E-state index contributed by atoms with van der Waals surface area (Å²) in [5, 5.41) is 3.55. The Kier molecular flexibility index (Phi) is 6.31. The van der Waals surface area contributed by atoms with Crippen molar-refractivity contribution in [2.75, 3.05) is 25.0 Å². The Hall–Kier alpha value is -1.45. The van der Waals surface area contributed by atoms with Gasteiger partial charge in [-0.25, -0.2) is 4.79 Å².